The Bertz CT molecular complexity index is 1080. The Morgan fingerprint density at radius 1 is 0.949 bits per heavy atom. The number of methoxy groups -OCH3 is 1. The van der Waals surface area contributed by atoms with Gasteiger partial charge in [0.15, 0.2) is 0 Å². The molecule has 0 aliphatic carbocycles. The van der Waals surface area contributed by atoms with E-state index in [9.17, 15) is 23.8 Å². The quantitative estimate of drug-likeness (QED) is 0.172. The van der Waals surface area contributed by atoms with E-state index in [0.29, 0.717) is 44.3 Å². The third-order valence-corrected chi connectivity index (χ3v) is 8.30. The number of ether oxygens (including phenoxy) is 1. The van der Waals surface area contributed by atoms with Crippen LogP contribution in [0.5, 0.6) is 0 Å². The van der Waals surface area contributed by atoms with Gasteiger partial charge in [0.1, 0.15) is 6.04 Å². The topological polar surface area (TPSA) is 134 Å². The van der Waals surface area contributed by atoms with Crippen LogP contribution in [0.4, 0.5) is 10.5 Å². The number of amides is 3. The van der Waals surface area contributed by atoms with Gasteiger partial charge >= 0.3 is 6.09 Å². The summed E-state index contributed by atoms with van der Waals surface area (Å²) in [6, 6.07) is 17.9. The van der Waals surface area contributed by atoms with Gasteiger partial charge in [-0.3, -0.25) is 14.2 Å². The van der Waals surface area contributed by atoms with Crippen molar-refractivity contribution in [3.8, 4) is 0 Å². The zero-order valence-corrected chi connectivity index (χ0v) is 24.0. The molecule has 3 atom stereocenters. The number of rotatable bonds is 16. The number of para-hydroxylation sites is 1. The molecule has 0 saturated heterocycles. The molecule has 0 heterocycles. The number of carbonyl (C=O) groups excluding carboxylic acids is 3. The first-order chi connectivity index (χ1) is 18.6. The molecule has 0 fully saturated rings. The van der Waals surface area contributed by atoms with Crippen LogP contribution in [0.3, 0.4) is 0 Å². The molecule has 0 spiro atoms. The van der Waals surface area contributed by atoms with Crippen LogP contribution in [-0.2, 0) is 25.3 Å². The highest BCUT2D eigenvalue weighted by Crippen LogP contribution is 2.44. The van der Waals surface area contributed by atoms with Crippen molar-refractivity contribution in [1.29, 1.82) is 0 Å². The molecule has 39 heavy (non-hydrogen) atoms. The summed E-state index contributed by atoms with van der Waals surface area (Å²) in [4.78, 5) is 48.5. The highest BCUT2D eigenvalue weighted by molar-refractivity contribution is 7.58. The van der Waals surface area contributed by atoms with Crippen molar-refractivity contribution < 1.29 is 28.6 Å². The van der Waals surface area contributed by atoms with Gasteiger partial charge in [-0.15, -0.1) is 0 Å². The van der Waals surface area contributed by atoms with E-state index in [-0.39, 0.29) is 24.1 Å². The Morgan fingerprint density at radius 2 is 1.59 bits per heavy atom. The normalized spacial score (nSPS) is 14.1. The molecular formula is C29H42N3O6P. The maximum Gasteiger partial charge on any atom is 0.406 e. The van der Waals surface area contributed by atoms with Crippen molar-refractivity contribution in [3.63, 3.8) is 0 Å². The lowest BCUT2D eigenvalue weighted by Crippen LogP contribution is -2.47. The highest BCUT2D eigenvalue weighted by atomic mass is 31.2. The first-order valence-electron chi connectivity index (χ1n) is 13.4. The maximum atomic E-state index is 13.5. The molecule has 2 aromatic rings. The lowest BCUT2D eigenvalue weighted by Gasteiger charge is -2.25. The van der Waals surface area contributed by atoms with Gasteiger partial charge in [0.25, 0.3) is 0 Å². The standard InChI is InChI=1S/C29H42N3O6P/c1-22(2)20-26(28(34)31-25-14-8-5-9-15-25)32-27(33)24(17-16-23-12-6-4-7-13-23)21-39(36,37)19-11-10-18-30-29(35)38-3/h4-9,12-15,22,24,26H,10-11,16-21H2,1-3H3,(H,30,35)(H,31,34)(H,32,33)(H,36,37)/t24-,26+/m1/s1. The molecular weight excluding hydrogens is 517 g/mol. The van der Waals surface area contributed by atoms with Crippen LogP contribution >= 0.6 is 7.37 Å². The fourth-order valence-electron chi connectivity index (χ4n) is 4.22. The SMILES string of the molecule is COC(=O)NCCCCP(=O)(O)C[C@@H](CCc1ccccc1)C(=O)N[C@@H](CC(C)C)C(=O)Nc1ccccc1. The summed E-state index contributed by atoms with van der Waals surface area (Å²) in [5.74, 6) is -1.33. The van der Waals surface area contributed by atoms with Crippen LogP contribution in [0.15, 0.2) is 60.7 Å². The number of anilines is 1. The number of hydrogen-bond acceptors (Lipinski definition) is 5. The van der Waals surface area contributed by atoms with Crippen molar-refractivity contribution >= 4 is 31.0 Å². The molecule has 214 valence electrons. The largest absolute Gasteiger partial charge is 0.453 e. The minimum absolute atomic E-state index is 0.0366. The van der Waals surface area contributed by atoms with Crippen molar-refractivity contribution in [1.82, 2.24) is 10.6 Å². The summed E-state index contributed by atoms with van der Waals surface area (Å²) >= 11 is 0. The fraction of sp³-hybridized carbons (Fsp3) is 0.483. The number of benzene rings is 2. The predicted molar refractivity (Wildman–Crippen MR) is 154 cm³/mol. The summed E-state index contributed by atoms with van der Waals surface area (Å²) in [7, 11) is -2.38. The van der Waals surface area contributed by atoms with E-state index in [2.05, 4.69) is 20.7 Å². The third kappa shape index (κ3) is 13.0. The van der Waals surface area contributed by atoms with Gasteiger partial charge < -0.3 is 25.6 Å². The van der Waals surface area contributed by atoms with Crippen LogP contribution in [0.2, 0.25) is 0 Å². The van der Waals surface area contributed by atoms with Gasteiger partial charge in [0, 0.05) is 30.5 Å². The van der Waals surface area contributed by atoms with Gasteiger partial charge in [-0.05, 0) is 55.7 Å². The monoisotopic (exact) mass is 559 g/mol. The summed E-state index contributed by atoms with van der Waals surface area (Å²) in [5, 5.41) is 8.28. The van der Waals surface area contributed by atoms with Crippen LogP contribution < -0.4 is 16.0 Å². The van der Waals surface area contributed by atoms with Crippen LogP contribution in [0, 0.1) is 11.8 Å². The Labute approximate surface area is 231 Å². The zero-order chi connectivity index (χ0) is 28.7. The second-order valence-corrected chi connectivity index (χ2v) is 12.7. The van der Waals surface area contributed by atoms with Crippen molar-refractivity contribution in [2.75, 3.05) is 31.3 Å². The van der Waals surface area contributed by atoms with Crippen LogP contribution in [0.25, 0.3) is 0 Å². The average Bonchev–Trinajstić information content (AvgIpc) is 2.91. The maximum absolute atomic E-state index is 13.5. The summed E-state index contributed by atoms with van der Waals surface area (Å²) in [5.41, 5.74) is 1.66. The fourth-order valence-corrected chi connectivity index (χ4v) is 6.15. The molecule has 9 nitrogen and oxygen atoms in total. The van der Waals surface area contributed by atoms with Gasteiger partial charge in [0.05, 0.1) is 7.11 Å². The van der Waals surface area contributed by atoms with Gasteiger partial charge in [0.2, 0.25) is 19.2 Å². The second kappa shape index (κ2) is 16.7. The molecule has 2 rings (SSSR count). The Balaban J connectivity index is 2.09. The predicted octanol–water partition coefficient (Wildman–Crippen LogP) is 4.81. The Kier molecular flexibility index (Phi) is 13.7. The molecule has 2 aromatic carbocycles. The number of hydrogen-bond donors (Lipinski definition) is 4. The van der Waals surface area contributed by atoms with E-state index in [1.54, 1.807) is 12.1 Å². The van der Waals surface area contributed by atoms with Crippen molar-refractivity contribution in [2.24, 2.45) is 11.8 Å². The zero-order valence-electron chi connectivity index (χ0n) is 23.1. The molecule has 0 aliphatic heterocycles. The van der Waals surface area contributed by atoms with Crippen molar-refractivity contribution in [3.05, 3.63) is 66.2 Å². The Hall–Kier alpha value is -3.16. The average molecular weight is 560 g/mol. The first-order valence-corrected chi connectivity index (χ1v) is 15.5. The van der Waals surface area contributed by atoms with E-state index in [1.165, 1.54) is 7.11 Å². The van der Waals surface area contributed by atoms with E-state index < -0.39 is 31.3 Å². The van der Waals surface area contributed by atoms with E-state index in [4.69, 9.17) is 0 Å². The van der Waals surface area contributed by atoms with Gasteiger partial charge in [-0.1, -0.05) is 62.4 Å². The van der Waals surface area contributed by atoms with Crippen molar-refractivity contribution in [2.45, 2.75) is 52.0 Å². The molecule has 0 saturated carbocycles. The minimum atomic E-state index is -3.65. The van der Waals surface area contributed by atoms with E-state index in [1.807, 2.05) is 62.4 Å². The smallest absolute Gasteiger partial charge is 0.406 e. The molecule has 0 aliphatic rings. The summed E-state index contributed by atoms with van der Waals surface area (Å²) < 4.78 is 17.6. The molecule has 1 unspecified atom stereocenters. The molecule has 3 amide bonds. The van der Waals surface area contributed by atoms with Crippen LogP contribution in [0.1, 0.15) is 45.1 Å². The molecule has 0 radical (unpaired) electrons. The van der Waals surface area contributed by atoms with Gasteiger partial charge in [-0.25, -0.2) is 4.79 Å². The highest BCUT2D eigenvalue weighted by Gasteiger charge is 2.31. The summed E-state index contributed by atoms with van der Waals surface area (Å²) in [6.45, 7) is 4.27. The van der Waals surface area contributed by atoms with E-state index >= 15 is 0 Å². The van der Waals surface area contributed by atoms with Crippen LogP contribution in [-0.4, -0.2) is 54.8 Å². The molecule has 4 N–H and O–H groups in total. The molecule has 10 heteroatoms. The van der Waals surface area contributed by atoms with E-state index in [0.717, 1.165) is 5.56 Å². The molecule has 0 bridgehead atoms. The lowest BCUT2D eigenvalue weighted by atomic mass is 9.98. The molecule has 0 aromatic heterocycles. The minimum Gasteiger partial charge on any atom is -0.453 e. The number of alkyl carbamates (subject to hydrolysis) is 1. The number of carbonyl (C=O) groups is 3. The second-order valence-electron chi connectivity index (χ2n) is 10.1. The third-order valence-electron chi connectivity index (χ3n) is 6.27. The number of unbranched alkanes of at least 4 members (excludes halogenated alkanes) is 1. The van der Waals surface area contributed by atoms with Gasteiger partial charge in [-0.2, -0.15) is 0 Å². The Morgan fingerprint density at radius 3 is 2.21 bits per heavy atom. The summed E-state index contributed by atoms with van der Waals surface area (Å²) in [6.07, 6.45) is 1.61. The number of nitrogens with one attached hydrogen (secondary N) is 3. The lowest BCUT2D eigenvalue weighted by molar-refractivity contribution is -0.129. The first kappa shape index (κ1) is 32.1. The number of aryl methyl sites for hydroxylation is 1.